The van der Waals surface area contributed by atoms with E-state index >= 15 is 0 Å². The maximum atomic E-state index is 13.8. The number of allylic oxidation sites excluding steroid dienone is 1. The molecule has 1 N–H and O–H groups in total. The minimum atomic E-state index is -0.869. The molecule has 1 atom stereocenters. The second-order valence-electron chi connectivity index (χ2n) is 8.05. The summed E-state index contributed by atoms with van der Waals surface area (Å²) in [5.74, 6) is -1.41. The number of esters is 1. The SMILES string of the molecule is CCOC(=O)C1=C(C)N=c2s/c(=C3\C(=O)Nc4ccc(C)cc43)c(=O)n2[C@@H]1c1ccc(F)cc1. The molecule has 0 bridgehead atoms. The average Bonchev–Trinajstić information content (AvgIpc) is 3.28. The number of nitrogens with one attached hydrogen (secondary N) is 1. The molecule has 0 radical (unpaired) electrons. The molecule has 34 heavy (non-hydrogen) atoms. The van der Waals surface area contributed by atoms with E-state index in [4.69, 9.17) is 4.74 Å². The highest BCUT2D eigenvalue weighted by atomic mass is 32.1. The van der Waals surface area contributed by atoms with Gasteiger partial charge in [0.2, 0.25) is 0 Å². The fourth-order valence-electron chi connectivity index (χ4n) is 4.31. The summed E-state index contributed by atoms with van der Waals surface area (Å²) in [4.78, 5) is 44.4. The molecule has 9 heteroatoms. The van der Waals surface area contributed by atoms with E-state index in [0.29, 0.717) is 27.3 Å². The summed E-state index contributed by atoms with van der Waals surface area (Å²) in [6.45, 7) is 5.42. The van der Waals surface area contributed by atoms with Crippen molar-refractivity contribution in [3.05, 3.63) is 95.9 Å². The Morgan fingerprint density at radius 3 is 2.62 bits per heavy atom. The number of rotatable bonds is 3. The van der Waals surface area contributed by atoms with Crippen molar-refractivity contribution in [3.63, 3.8) is 0 Å². The molecule has 2 aromatic carbocycles. The lowest BCUT2D eigenvalue weighted by atomic mass is 9.96. The van der Waals surface area contributed by atoms with Crippen LogP contribution in [0.1, 0.15) is 36.6 Å². The van der Waals surface area contributed by atoms with E-state index in [1.165, 1.54) is 28.8 Å². The number of hydrogen-bond donors (Lipinski definition) is 1. The Labute approximate surface area is 197 Å². The van der Waals surface area contributed by atoms with Gasteiger partial charge in [0.1, 0.15) is 10.3 Å². The van der Waals surface area contributed by atoms with Gasteiger partial charge in [-0.15, -0.1) is 0 Å². The van der Waals surface area contributed by atoms with Gasteiger partial charge in [-0.25, -0.2) is 14.2 Å². The molecule has 0 spiro atoms. The molecule has 0 fully saturated rings. The van der Waals surface area contributed by atoms with Gasteiger partial charge in [-0.05, 0) is 50.6 Å². The van der Waals surface area contributed by atoms with Crippen LogP contribution >= 0.6 is 11.3 Å². The van der Waals surface area contributed by atoms with Crippen LogP contribution in [-0.4, -0.2) is 23.1 Å². The zero-order valence-electron chi connectivity index (χ0n) is 18.6. The van der Waals surface area contributed by atoms with Gasteiger partial charge in [0, 0.05) is 11.3 Å². The predicted octanol–water partition coefficient (Wildman–Crippen LogP) is 2.57. The van der Waals surface area contributed by atoms with Crippen LogP contribution in [0.25, 0.3) is 5.57 Å². The van der Waals surface area contributed by atoms with Crippen LogP contribution < -0.4 is 20.2 Å². The van der Waals surface area contributed by atoms with Crippen molar-refractivity contribution in [2.24, 2.45) is 4.99 Å². The van der Waals surface area contributed by atoms with Crippen molar-refractivity contribution >= 4 is 34.5 Å². The number of aryl methyl sites for hydroxylation is 1. The number of carbonyl (C=O) groups excluding carboxylic acids is 2. The Balaban J connectivity index is 1.82. The van der Waals surface area contributed by atoms with Gasteiger partial charge in [-0.3, -0.25) is 14.2 Å². The smallest absolute Gasteiger partial charge is 0.338 e. The molecule has 0 aliphatic carbocycles. The highest BCUT2D eigenvalue weighted by molar-refractivity contribution is 7.07. The number of benzene rings is 2. The second-order valence-corrected chi connectivity index (χ2v) is 9.03. The van der Waals surface area contributed by atoms with Gasteiger partial charge >= 0.3 is 5.97 Å². The van der Waals surface area contributed by atoms with Crippen molar-refractivity contribution in [3.8, 4) is 0 Å². The van der Waals surface area contributed by atoms with Crippen LogP contribution in [0.4, 0.5) is 10.1 Å². The van der Waals surface area contributed by atoms with Crippen molar-refractivity contribution in [2.45, 2.75) is 26.8 Å². The fourth-order valence-corrected chi connectivity index (χ4v) is 5.45. The Kier molecular flexibility index (Phi) is 5.28. The molecule has 1 amide bonds. The number of ether oxygens (including phenoxy) is 1. The predicted molar refractivity (Wildman–Crippen MR) is 126 cm³/mol. The number of anilines is 1. The Morgan fingerprint density at radius 1 is 1.18 bits per heavy atom. The Bertz CT molecular complexity index is 1580. The number of carbonyl (C=O) groups is 2. The van der Waals surface area contributed by atoms with Crippen molar-refractivity contribution in [1.82, 2.24) is 4.57 Å². The summed E-state index contributed by atoms with van der Waals surface area (Å²) in [5.41, 5.74) is 3.19. The fraction of sp³-hybridized carbons (Fsp3) is 0.200. The molecule has 2 aliphatic heterocycles. The highest BCUT2D eigenvalue weighted by Crippen LogP contribution is 2.32. The van der Waals surface area contributed by atoms with Crippen LogP contribution in [0.15, 0.2) is 63.5 Å². The average molecular weight is 478 g/mol. The van der Waals surface area contributed by atoms with Crippen LogP contribution in [0.5, 0.6) is 0 Å². The first kappa shape index (κ1) is 22.0. The molecule has 5 rings (SSSR count). The van der Waals surface area contributed by atoms with Gasteiger partial charge in [0.15, 0.2) is 4.80 Å². The molecular weight excluding hydrogens is 457 g/mol. The molecule has 0 unspecified atom stereocenters. The molecule has 0 saturated carbocycles. The maximum absolute atomic E-state index is 13.8. The number of nitrogens with zero attached hydrogens (tertiary/aromatic N) is 2. The number of halogens is 1. The molecule has 3 aromatic rings. The van der Waals surface area contributed by atoms with Crippen LogP contribution in [0, 0.1) is 12.7 Å². The van der Waals surface area contributed by atoms with E-state index in [9.17, 15) is 18.8 Å². The summed E-state index contributed by atoms with van der Waals surface area (Å²) in [7, 11) is 0. The number of thiazole rings is 1. The van der Waals surface area contributed by atoms with Gasteiger partial charge in [0.05, 0.1) is 29.5 Å². The first-order valence-corrected chi connectivity index (χ1v) is 11.5. The van der Waals surface area contributed by atoms with E-state index in [2.05, 4.69) is 10.3 Å². The topological polar surface area (TPSA) is 89.8 Å². The van der Waals surface area contributed by atoms with E-state index in [1.54, 1.807) is 19.9 Å². The molecule has 7 nitrogen and oxygen atoms in total. The third-order valence-corrected chi connectivity index (χ3v) is 6.88. The van der Waals surface area contributed by atoms with Gasteiger partial charge < -0.3 is 10.1 Å². The van der Waals surface area contributed by atoms with Crippen LogP contribution in [-0.2, 0) is 14.3 Å². The molecule has 2 aliphatic rings. The molecule has 172 valence electrons. The first-order chi connectivity index (χ1) is 16.3. The Morgan fingerprint density at radius 2 is 1.91 bits per heavy atom. The quantitative estimate of drug-likeness (QED) is 0.588. The molecule has 3 heterocycles. The van der Waals surface area contributed by atoms with Crippen molar-refractivity contribution < 1.29 is 18.7 Å². The third-order valence-electron chi connectivity index (χ3n) is 5.83. The summed E-state index contributed by atoms with van der Waals surface area (Å²) < 4.78 is 20.5. The number of hydrogen-bond acceptors (Lipinski definition) is 6. The van der Waals surface area contributed by atoms with Crippen molar-refractivity contribution in [1.29, 1.82) is 0 Å². The molecule has 1 aromatic heterocycles. The molecule has 0 saturated heterocycles. The van der Waals surface area contributed by atoms with Crippen molar-refractivity contribution in [2.75, 3.05) is 11.9 Å². The van der Waals surface area contributed by atoms with Crippen LogP contribution in [0.2, 0.25) is 0 Å². The first-order valence-electron chi connectivity index (χ1n) is 10.7. The molecular formula is C25H20FN3O4S. The summed E-state index contributed by atoms with van der Waals surface area (Å²) in [5, 5.41) is 2.81. The maximum Gasteiger partial charge on any atom is 0.338 e. The summed E-state index contributed by atoms with van der Waals surface area (Å²) in [6.07, 6.45) is 0. The standard InChI is InChI=1S/C25H20FN3O4S/c1-4-33-24(32)18-13(3)27-25-29(20(18)14-6-8-15(26)9-7-14)23(31)21(34-25)19-16-11-12(2)5-10-17(16)28-22(19)30/h5-11,20H,4H2,1-3H3,(H,28,30)/b21-19-/t20-/m1/s1. The van der Waals surface area contributed by atoms with E-state index in [-0.39, 0.29) is 28.2 Å². The lowest BCUT2D eigenvalue weighted by Crippen LogP contribution is -2.40. The van der Waals surface area contributed by atoms with Gasteiger partial charge in [-0.2, -0.15) is 0 Å². The summed E-state index contributed by atoms with van der Waals surface area (Å²) in [6, 6.07) is 10.3. The number of fused-ring (bicyclic) bond motifs is 2. The zero-order valence-corrected chi connectivity index (χ0v) is 19.5. The van der Waals surface area contributed by atoms with E-state index in [1.807, 2.05) is 19.1 Å². The normalized spacial score (nSPS) is 18.2. The number of amides is 1. The zero-order chi connectivity index (χ0) is 24.1. The third kappa shape index (κ3) is 3.40. The lowest BCUT2D eigenvalue weighted by molar-refractivity contribution is -0.139. The monoisotopic (exact) mass is 477 g/mol. The Hall–Kier alpha value is -3.85. The van der Waals surface area contributed by atoms with E-state index in [0.717, 1.165) is 16.9 Å². The highest BCUT2D eigenvalue weighted by Gasteiger charge is 2.35. The van der Waals surface area contributed by atoms with Crippen LogP contribution in [0.3, 0.4) is 0 Å². The number of aromatic nitrogens is 1. The minimum Gasteiger partial charge on any atom is -0.463 e. The second kappa shape index (κ2) is 8.18. The van der Waals surface area contributed by atoms with Gasteiger partial charge in [-0.1, -0.05) is 35.1 Å². The lowest BCUT2D eigenvalue weighted by Gasteiger charge is -2.24. The van der Waals surface area contributed by atoms with E-state index < -0.39 is 23.4 Å². The minimum absolute atomic E-state index is 0.149. The van der Waals surface area contributed by atoms with Gasteiger partial charge in [0.25, 0.3) is 11.5 Å². The summed E-state index contributed by atoms with van der Waals surface area (Å²) >= 11 is 1.09. The largest absolute Gasteiger partial charge is 0.463 e.